The number of para-hydroxylation sites is 1. The Hall–Kier alpha value is -2.93. The molecule has 1 atom stereocenters. The molecule has 0 amide bonds. The van der Waals surface area contributed by atoms with Crippen molar-refractivity contribution in [3.63, 3.8) is 0 Å². The number of aryl methyl sites for hydroxylation is 1. The third kappa shape index (κ3) is 4.67. The minimum atomic E-state index is -0.360. The second-order valence-corrected chi connectivity index (χ2v) is 6.72. The number of guanidine groups is 1. The number of nitrogens with zero attached hydrogens (tertiary/aromatic N) is 3. The Kier molecular flexibility index (Phi) is 6.60. The summed E-state index contributed by atoms with van der Waals surface area (Å²) in [5.41, 5.74) is 3.09. The van der Waals surface area contributed by atoms with Crippen molar-refractivity contribution in [2.24, 2.45) is 4.99 Å². The van der Waals surface area contributed by atoms with Crippen molar-refractivity contribution in [2.75, 3.05) is 26.2 Å². The summed E-state index contributed by atoms with van der Waals surface area (Å²) in [7, 11) is 0. The number of nitrogens with one attached hydrogen (secondary N) is 1. The predicted octanol–water partition coefficient (Wildman–Crippen LogP) is 3.44. The van der Waals surface area contributed by atoms with Gasteiger partial charge in [0.15, 0.2) is 5.96 Å². The zero-order valence-electron chi connectivity index (χ0n) is 16.3. The van der Waals surface area contributed by atoms with E-state index in [9.17, 15) is 10.1 Å². The van der Waals surface area contributed by atoms with Gasteiger partial charge in [-0.3, -0.25) is 10.1 Å². The van der Waals surface area contributed by atoms with Gasteiger partial charge in [-0.15, -0.1) is 0 Å². The summed E-state index contributed by atoms with van der Waals surface area (Å²) in [6.45, 7) is 7.10. The smallest absolute Gasteiger partial charge is 0.274 e. The Morgan fingerprint density at radius 1 is 1.29 bits per heavy atom. The van der Waals surface area contributed by atoms with Gasteiger partial charge in [0, 0.05) is 19.2 Å². The monoisotopic (exact) mass is 382 g/mol. The molecule has 1 aliphatic heterocycles. The highest BCUT2D eigenvalue weighted by Gasteiger charge is 2.25. The molecule has 7 nitrogen and oxygen atoms in total. The van der Waals surface area contributed by atoms with Gasteiger partial charge in [-0.1, -0.05) is 42.5 Å². The summed E-state index contributed by atoms with van der Waals surface area (Å²) in [6.07, 6.45) is -0.0233. The molecule has 2 aromatic rings. The highest BCUT2D eigenvalue weighted by molar-refractivity contribution is 5.80. The minimum absolute atomic E-state index is 0.0233. The number of hydrogen-bond donors (Lipinski definition) is 1. The maximum Gasteiger partial charge on any atom is 0.274 e. The minimum Gasteiger partial charge on any atom is -0.370 e. The molecule has 1 fully saturated rings. The van der Waals surface area contributed by atoms with Gasteiger partial charge in [-0.2, -0.15) is 0 Å². The van der Waals surface area contributed by atoms with Crippen LogP contribution in [0.3, 0.4) is 0 Å². The van der Waals surface area contributed by atoms with Gasteiger partial charge in [0.25, 0.3) is 5.69 Å². The normalized spacial score (nSPS) is 17.4. The molecule has 2 aromatic carbocycles. The summed E-state index contributed by atoms with van der Waals surface area (Å²) in [5, 5.41) is 14.5. The van der Waals surface area contributed by atoms with Crippen LogP contribution in [-0.2, 0) is 11.3 Å². The van der Waals surface area contributed by atoms with Crippen molar-refractivity contribution in [1.82, 2.24) is 10.2 Å². The number of nitro benzene ring substituents is 1. The fraction of sp³-hybridized carbons (Fsp3) is 0.381. The molecule has 3 rings (SSSR count). The lowest BCUT2D eigenvalue weighted by atomic mass is 10.0. The van der Waals surface area contributed by atoms with Crippen LogP contribution in [0, 0.1) is 17.0 Å². The van der Waals surface area contributed by atoms with E-state index in [1.54, 1.807) is 18.2 Å². The largest absolute Gasteiger partial charge is 0.370 e. The van der Waals surface area contributed by atoms with Gasteiger partial charge in [-0.05, 0) is 25.0 Å². The average Bonchev–Trinajstić information content (AvgIpc) is 2.71. The van der Waals surface area contributed by atoms with E-state index in [4.69, 9.17) is 4.74 Å². The predicted molar refractivity (Wildman–Crippen MR) is 109 cm³/mol. The molecule has 0 bridgehead atoms. The molecule has 0 aliphatic carbocycles. The maximum atomic E-state index is 11.2. The lowest BCUT2D eigenvalue weighted by molar-refractivity contribution is -0.385. The Labute approximate surface area is 165 Å². The standard InChI is InChI=1S/C21H26N4O3/c1-3-22-21(23-14-17-9-5-7-11-19(17)25(26)27)24-12-13-28-20(15-24)18-10-6-4-8-16(18)2/h4-11,20H,3,12-15H2,1-2H3,(H,22,23). The van der Waals surface area contributed by atoms with Gasteiger partial charge in [0.1, 0.15) is 6.10 Å². The number of morpholine rings is 1. The van der Waals surface area contributed by atoms with E-state index in [0.717, 1.165) is 19.0 Å². The molecule has 0 aromatic heterocycles. The zero-order chi connectivity index (χ0) is 19.9. The summed E-state index contributed by atoms with van der Waals surface area (Å²) in [5.74, 6) is 0.752. The van der Waals surface area contributed by atoms with E-state index in [1.807, 2.05) is 19.1 Å². The molecular weight excluding hydrogens is 356 g/mol. The fourth-order valence-corrected chi connectivity index (χ4v) is 3.39. The van der Waals surface area contributed by atoms with Gasteiger partial charge >= 0.3 is 0 Å². The SMILES string of the molecule is CCNC(=NCc1ccccc1[N+](=O)[O-])N1CCOC(c2ccccc2C)C1. The van der Waals surface area contributed by atoms with E-state index in [2.05, 4.69) is 34.3 Å². The quantitative estimate of drug-likeness (QED) is 0.371. The molecule has 1 N–H and O–H groups in total. The van der Waals surface area contributed by atoms with Crippen LogP contribution >= 0.6 is 0 Å². The molecule has 0 spiro atoms. The Morgan fingerprint density at radius 2 is 2.04 bits per heavy atom. The highest BCUT2D eigenvalue weighted by Crippen LogP contribution is 2.25. The molecule has 1 unspecified atom stereocenters. The molecule has 0 saturated carbocycles. The second-order valence-electron chi connectivity index (χ2n) is 6.72. The number of aliphatic imine (C=N–C) groups is 1. The molecular formula is C21H26N4O3. The highest BCUT2D eigenvalue weighted by atomic mass is 16.6. The van der Waals surface area contributed by atoms with Crippen molar-refractivity contribution in [1.29, 1.82) is 0 Å². The van der Waals surface area contributed by atoms with Crippen LogP contribution in [0.2, 0.25) is 0 Å². The van der Waals surface area contributed by atoms with E-state index in [-0.39, 0.29) is 23.3 Å². The molecule has 28 heavy (non-hydrogen) atoms. The van der Waals surface area contributed by atoms with E-state index >= 15 is 0 Å². The second kappa shape index (κ2) is 9.32. The van der Waals surface area contributed by atoms with Crippen molar-refractivity contribution in [3.8, 4) is 0 Å². The van der Waals surface area contributed by atoms with Crippen molar-refractivity contribution < 1.29 is 9.66 Å². The van der Waals surface area contributed by atoms with Gasteiger partial charge < -0.3 is 15.0 Å². The van der Waals surface area contributed by atoms with Crippen LogP contribution in [0.5, 0.6) is 0 Å². The van der Waals surface area contributed by atoms with Crippen molar-refractivity contribution in [3.05, 3.63) is 75.3 Å². The van der Waals surface area contributed by atoms with Gasteiger partial charge in [-0.25, -0.2) is 4.99 Å². The zero-order valence-corrected chi connectivity index (χ0v) is 16.3. The number of nitro groups is 1. The average molecular weight is 382 g/mol. The third-order valence-corrected chi connectivity index (χ3v) is 4.82. The van der Waals surface area contributed by atoms with Gasteiger partial charge in [0.05, 0.1) is 30.2 Å². The Bertz CT molecular complexity index is 853. The fourth-order valence-electron chi connectivity index (χ4n) is 3.39. The number of hydrogen-bond acceptors (Lipinski definition) is 4. The Balaban J connectivity index is 1.79. The van der Waals surface area contributed by atoms with Crippen molar-refractivity contribution >= 4 is 11.6 Å². The van der Waals surface area contributed by atoms with Crippen LogP contribution < -0.4 is 5.32 Å². The van der Waals surface area contributed by atoms with Crippen LogP contribution in [0.25, 0.3) is 0 Å². The summed E-state index contributed by atoms with van der Waals surface area (Å²) in [6, 6.07) is 15.0. The van der Waals surface area contributed by atoms with Crippen molar-refractivity contribution in [2.45, 2.75) is 26.5 Å². The molecule has 1 heterocycles. The maximum absolute atomic E-state index is 11.2. The van der Waals surface area contributed by atoms with Crippen LogP contribution in [-0.4, -0.2) is 42.0 Å². The van der Waals surface area contributed by atoms with Crippen LogP contribution in [0.1, 0.15) is 29.7 Å². The first kappa shape index (κ1) is 19.8. The van der Waals surface area contributed by atoms with E-state index in [1.165, 1.54) is 17.2 Å². The summed E-state index contributed by atoms with van der Waals surface area (Å²) < 4.78 is 6.00. The lowest BCUT2D eigenvalue weighted by Crippen LogP contribution is -2.48. The van der Waals surface area contributed by atoms with Crippen LogP contribution in [0.15, 0.2) is 53.5 Å². The lowest BCUT2D eigenvalue weighted by Gasteiger charge is -2.35. The molecule has 148 valence electrons. The first-order valence-corrected chi connectivity index (χ1v) is 9.52. The Morgan fingerprint density at radius 3 is 2.79 bits per heavy atom. The first-order valence-electron chi connectivity index (χ1n) is 9.52. The topological polar surface area (TPSA) is 80.0 Å². The summed E-state index contributed by atoms with van der Waals surface area (Å²) >= 11 is 0. The third-order valence-electron chi connectivity index (χ3n) is 4.82. The molecule has 7 heteroatoms. The summed E-state index contributed by atoms with van der Waals surface area (Å²) in [4.78, 5) is 17.7. The molecule has 1 saturated heterocycles. The molecule has 0 radical (unpaired) electrons. The van der Waals surface area contributed by atoms with Gasteiger partial charge in [0.2, 0.25) is 0 Å². The number of benzene rings is 2. The number of rotatable bonds is 5. The molecule has 1 aliphatic rings. The first-order chi connectivity index (χ1) is 13.6. The van der Waals surface area contributed by atoms with E-state index < -0.39 is 0 Å². The van der Waals surface area contributed by atoms with Crippen LogP contribution in [0.4, 0.5) is 5.69 Å². The van der Waals surface area contributed by atoms with E-state index in [0.29, 0.717) is 18.7 Å². The number of ether oxygens (including phenoxy) is 1.